The minimum atomic E-state index is -0.333. The highest BCUT2D eigenvalue weighted by Gasteiger charge is 2.24. The second-order valence-corrected chi connectivity index (χ2v) is 6.73. The van der Waals surface area contributed by atoms with Crippen LogP contribution in [0, 0.1) is 0 Å². The quantitative estimate of drug-likeness (QED) is 0.941. The van der Waals surface area contributed by atoms with Gasteiger partial charge in [0.25, 0.3) is 5.91 Å². The van der Waals surface area contributed by atoms with E-state index in [4.69, 9.17) is 9.15 Å². The van der Waals surface area contributed by atoms with Crippen LogP contribution >= 0.6 is 0 Å². The Kier molecular flexibility index (Phi) is 4.17. The summed E-state index contributed by atoms with van der Waals surface area (Å²) < 4.78 is 11.1. The number of nitrogens with one attached hydrogen (secondary N) is 1. The van der Waals surface area contributed by atoms with Crippen LogP contribution in [0.25, 0.3) is 11.5 Å². The van der Waals surface area contributed by atoms with E-state index in [9.17, 15) is 4.79 Å². The van der Waals surface area contributed by atoms with E-state index in [0.29, 0.717) is 18.4 Å². The fourth-order valence-corrected chi connectivity index (χ4v) is 2.35. The highest BCUT2D eigenvalue weighted by molar-refractivity contribution is 5.94. The van der Waals surface area contributed by atoms with Crippen molar-refractivity contribution in [2.24, 2.45) is 0 Å². The van der Waals surface area contributed by atoms with Gasteiger partial charge in [0.05, 0.1) is 0 Å². The lowest BCUT2D eigenvalue weighted by Gasteiger charge is -2.11. The number of anilines is 1. The molecule has 1 aliphatic heterocycles. The Bertz CT molecular complexity index is 680. The van der Waals surface area contributed by atoms with Crippen LogP contribution in [0.3, 0.4) is 0 Å². The molecule has 1 atom stereocenters. The van der Waals surface area contributed by atoms with Crippen LogP contribution in [-0.4, -0.2) is 28.8 Å². The highest BCUT2D eigenvalue weighted by Crippen LogP contribution is 2.26. The normalized spacial score (nSPS) is 18.1. The van der Waals surface area contributed by atoms with Crippen LogP contribution in [0.5, 0.6) is 0 Å². The lowest BCUT2D eigenvalue weighted by molar-refractivity contribution is -0.124. The van der Waals surface area contributed by atoms with Gasteiger partial charge in [-0.3, -0.25) is 4.79 Å². The SMILES string of the molecule is CC(C)(C)c1nnc(-c2ccc(NC(=O)C3CCCO3)cc2)o1. The number of benzene rings is 1. The third-order valence-corrected chi connectivity index (χ3v) is 3.69. The van der Waals surface area contributed by atoms with Gasteiger partial charge in [0.2, 0.25) is 11.8 Å². The molecule has 1 aliphatic rings. The monoisotopic (exact) mass is 315 g/mol. The van der Waals surface area contributed by atoms with E-state index >= 15 is 0 Å². The Morgan fingerprint density at radius 2 is 1.96 bits per heavy atom. The zero-order valence-electron chi connectivity index (χ0n) is 13.6. The minimum absolute atomic E-state index is 0.0944. The van der Waals surface area contributed by atoms with E-state index in [0.717, 1.165) is 24.1 Å². The van der Waals surface area contributed by atoms with Crippen molar-refractivity contribution in [2.75, 3.05) is 11.9 Å². The molecule has 0 saturated carbocycles. The summed E-state index contributed by atoms with van der Waals surface area (Å²) in [4.78, 5) is 12.0. The summed E-state index contributed by atoms with van der Waals surface area (Å²) in [6.07, 6.45) is 1.38. The van der Waals surface area contributed by atoms with E-state index in [-0.39, 0.29) is 17.4 Å². The van der Waals surface area contributed by atoms with E-state index in [1.807, 2.05) is 45.0 Å². The van der Waals surface area contributed by atoms with Crippen molar-refractivity contribution in [3.05, 3.63) is 30.2 Å². The molecule has 2 heterocycles. The van der Waals surface area contributed by atoms with Gasteiger partial charge in [-0.15, -0.1) is 10.2 Å². The van der Waals surface area contributed by atoms with Crippen LogP contribution in [0.2, 0.25) is 0 Å². The third-order valence-electron chi connectivity index (χ3n) is 3.69. The summed E-state index contributed by atoms with van der Waals surface area (Å²) in [5.41, 5.74) is 1.37. The molecule has 0 aliphatic carbocycles. The molecule has 6 heteroatoms. The van der Waals surface area contributed by atoms with E-state index in [2.05, 4.69) is 15.5 Å². The first kappa shape index (κ1) is 15.7. The molecule has 23 heavy (non-hydrogen) atoms. The molecule has 6 nitrogen and oxygen atoms in total. The van der Waals surface area contributed by atoms with Gasteiger partial charge in [0, 0.05) is 23.3 Å². The summed E-state index contributed by atoms with van der Waals surface area (Å²) in [6.45, 7) is 6.72. The molecule has 1 aromatic heterocycles. The zero-order valence-corrected chi connectivity index (χ0v) is 13.6. The summed E-state index contributed by atoms with van der Waals surface area (Å²) in [7, 11) is 0. The van der Waals surface area contributed by atoms with E-state index in [1.165, 1.54) is 0 Å². The zero-order chi connectivity index (χ0) is 16.4. The van der Waals surface area contributed by atoms with Gasteiger partial charge < -0.3 is 14.5 Å². The van der Waals surface area contributed by atoms with Crippen molar-refractivity contribution in [1.82, 2.24) is 10.2 Å². The van der Waals surface area contributed by atoms with Crippen molar-refractivity contribution >= 4 is 11.6 Å². The molecule has 0 spiro atoms. The summed E-state index contributed by atoms with van der Waals surface area (Å²) >= 11 is 0. The summed E-state index contributed by atoms with van der Waals surface area (Å²) in [5, 5.41) is 11.0. The number of hydrogen-bond donors (Lipinski definition) is 1. The Morgan fingerprint density at radius 3 is 2.52 bits per heavy atom. The molecule has 1 amide bonds. The highest BCUT2D eigenvalue weighted by atomic mass is 16.5. The van der Waals surface area contributed by atoms with Crippen molar-refractivity contribution in [3.63, 3.8) is 0 Å². The van der Waals surface area contributed by atoms with Crippen molar-refractivity contribution in [3.8, 4) is 11.5 Å². The standard InChI is InChI=1S/C17H21N3O3/c1-17(2,3)16-20-19-15(23-16)11-6-8-12(9-7-11)18-14(21)13-5-4-10-22-13/h6-9,13H,4-5,10H2,1-3H3,(H,18,21). The maximum absolute atomic E-state index is 12.0. The number of rotatable bonds is 3. The van der Waals surface area contributed by atoms with Crippen molar-refractivity contribution in [2.45, 2.75) is 45.1 Å². The number of ether oxygens (including phenoxy) is 1. The Balaban J connectivity index is 1.69. The molecule has 122 valence electrons. The largest absolute Gasteiger partial charge is 0.420 e. The summed E-state index contributed by atoms with van der Waals surface area (Å²) in [6, 6.07) is 7.35. The molecule has 0 bridgehead atoms. The molecule has 1 unspecified atom stereocenters. The molecule has 1 saturated heterocycles. The predicted molar refractivity (Wildman–Crippen MR) is 86.0 cm³/mol. The van der Waals surface area contributed by atoms with Crippen LogP contribution < -0.4 is 5.32 Å². The number of aromatic nitrogens is 2. The van der Waals surface area contributed by atoms with Crippen LogP contribution in [0.1, 0.15) is 39.5 Å². The lowest BCUT2D eigenvalue weighted by Crippen LogP contribution is -2.26. The van der Waals surface area contributed by atoms with Gasteiger partial charge in [0.15, 0.2) is 0 Å². The molecule has 1 aromatic carbocycles. The minimum Gasteiger partial charge on any atom is -0.420 e. The first-order valence-electron chi connectivity index (χ1n) is 7.80. The van der Waals surface area contributed by atoms with Gasteiger partial charge in [-0.2, -0.15) is 0 Å². The van der Waals surface area contributed by atoms with Crippen molar-refractivity contribution < 1.29 is 13.9 Å². The molecule has 2 aromatic rings. The smallest absolute Gasteiger partial charge is 0.253 e. The molecule has 3 rings (SSSR count). The van der Waals surface area contributed by atoms with Crippen LogP contribution in [0.15, 0.2) is 28.7 Å². The number of hydrogen-bond acceptors (Lipinski definition) is 5. The van der Waals surface area contributed by atoms with Gasteiger partial charge in [0.1, 0.15) is 6.10 Å². The fraction of sp³-hybridized carbons (Fsp3) is 0.471. The Labute approximate surface area is 135 Å². The lowest BCUT2D eigenvalue weighted by atomic mass is 9.97. The molecule has 0 radical (unpaired) electrons. The number of carbonyl (C=O) groups excluding carboxylic acids is 1. The van der Waals surface area contributed by atoms with Gasteiger partial charge in [-0.25, -0.2) is 0 Å². The molecular weight excluding hydrogens is 294 g/mol. The van der Waals surface area contributed by atoms with Gasteiger partial charge >= 0.3 is 0 Å². The maximum atomic E-state index is 12.0. The molecule has 1 N–H and O–H groups in total. The predicted octanol–water partition coefficient (Wildman–Crippen LogP) is 3.15. The second-order valence-electron chi connectivity index (χ2n) is 6.73. The van der Waals surface area contributed by atoms with E-state index in [1.54, 1.807) is 0 Å². The molecular formula is C17H21N3O3. The van der Waals surface area contributed by atoms with E-state index < -0.39 is 0 Å². The topological polar surface area (TPSA) is 77.2 Å². The Hall–Kier alpha value is -2.21. The third kappa shape index (κ3) is 3.59. The average Bonchev–Trinajstić information content (AvgIpc) is 3.19. The average molecular weight is 315 g/mol. The maximum Gasteiger partial charge on any atom is 0.253 e. The van der Waals surface area contributed by atoms with Gasteiger partial charge in [-0.1, -0.05) is 20.8 Å². The number of nitrogens with zero attached hydrogens (tertiary/aromatic N) is 2. The first-order chi connectivity index (χ1) is 10.9. The van der Waals surface area contributed by atoms with Crippen LogP contribution in [-0.2, 0) is 14.9 Å². The summed E-state index contributed by atoms with van der Waals surface area (Å²) in [5.74, 6) is 0.984. The van der Waals surface area contributed by atoms with Crippen molar-refractivity contribution in [1.29, 1.82) is 0 Å². The number of amides is 1. The second kappa shape index (κ2) is 6.12. The fourth-order valence-electron chi connectivity index (χ4n) is 2.35. The molecule has 1 fully saturated rings. The number of carbonyl (C=O) groups is 1. The Morgan fingerprint density at radius 1 is 1.22 bits per heavy atom. The first-order valence-corrected chi connectivity index (χ1v) is 7.80. The van der Waals surface area contributed by atoms with Gasteiger partial charge in [-0.05, 0) is 37.1 Å². The van der Waals surface area contributed by atoms with Crippen LogP contribution in [0.4, 0.5) is 5.69 Å².